The Morgan fingerprint density at radius 3 is 2.58 bits per heavy atom. The lowest BCUT2D eigenvalue weighted by Crippen LogP contribution is -2.47. The van der Waals surface area contributed by atoms with Crippen molar-refractivity contribution >= 4 is 5.69 Å². The molecule has 0 amide bonds. The molecule has 2 aliphatic rings. The first kappa shape index (κ1) is 17.2. The Bertz CT molecular complexity index is 785. The molecule has 4 rings (SSSR count). The molecule has 0 aliphatic carbocycles. The topological polar surface area (TPSA) is 45.2 Å². The van der Waals surface area contributed by atoms with Crippen LogP contribution in [0.3, 0.4) is 0 Å². The van der Waals surface area contributed by atoms with Gasteiger partial charge < -0.3 is 19.5 Å². The van der Waals surface area contributed by atoms with E-state index in [-0.39, 0.29) is 6.79 Å². The van der Waals surface area contributed by atoms with Gasteiger partial charge in [-0.3, -0.25) is 4.90 Å². The highest BCUT2D eigenvalue weighted by Crippen LogP contribution is 2.34. The van der Waals surface area contributed by atoms with E-state index in [0.29, 0.717) is 6.54 Å². The highest BCUT2D eigenvalue weighted by Gasteiger charge is 2.22. The van der Waals surface area contributed by atoms with Crippen LogP contribution in [0.4, 0.5) is 5.69 Å². The summed E-state index contributed by atoms with van der Waals surface area (Å²) < 4.78 is 10.7. The molecule has 0 unspecified atom stereocenters. The Kier molecular flexibility index (Phi) is 4.74. The first-order valence-electron chi connectivity index (χ1n) is 9.23. The monoisotopic (exact) mass is 354 g/mol. The van der Waals surface area contributed by atoms with E-state index in [0.717, 1.165) is 43.2 Å². The number of nitrogens with zero attached hydrogens (tertiary/aromatic N) is 2. The second kappa shape index (κ2) is 7.17. The summed E-state index contributed by atoms with van der Waals surface area (Å²) in [7, 11) is 0. The second-order valence-corrected chi connectivity index (χ2v) is 7.14. The number of aliphatic hydroxyl groups excluding tert-OH is 1. The Hall–Kier alpha value is -2.24. The number of β-amino-alcohol motifs (C(OH)–C–C–N with tert-alkyl or cyclic N) is 1. The van der Waals surface area contributed by atoms with E-state index in [1.807, 2.05) is 18.2 Å². The molecule has 2 aliphatic heterocycles. The number of hydrogen-bond acceptors (Lipinski definition) is 5. The molecule has 26 heavy (non-hydrogen) atoms. The van der Waals surface area contributed by atoms with Crippen LogP contribution in [0, 0.1) is 13.8 Å². The summed E-state index contributed by atoms with van der Waals surface area (Å²) in [5.74, 6) is 1.48. The molecule has 1 fully saturated rings. The van der Waals surface area contributed by atoms with Crippen molar-refractivity contribution in [2.24, 2.45) is 0 Å². The lowest BCUT2D eigenvalue weighted by molar-refractivity contribution is 0.109. The third-order valence-electron chi connectivity index (χ3n) is 5.50. The molecule has 0 saturated carbocycles. The number of anilines is 1. The van der Waals surface area contributed by atoms with Gasteiger partial charge in [0.1, 0.15) is 0 Å². The molecule has 1 atom stereocenters. The van der Waals surface area contributed by atoms with Gasteiger partial charge in [-0.05, 0) is 48.7 Å². The zero-order valence-corrected chi connectivity index (χ0v) is 15.4. The molecule has 1 saturated heterocycles. The predicted octanol–water partition coefficient (Wildman–Crippen LogP) is 2.89. The van der Waals surface area contributed by atoms with E-state index in [9.17, 15) is 5.11 Å². The predicted molar refractivity (Wildman–Crippen MR) is 102 cm³/mol. The van der Waals surface area contributed by atoms with Crippen LogP contribution in [-0.2, 0) is 0 Å². The largest absolute Gasteiger partial charge is 0.454 e. The maximum atomic E-state index is 10.6. The Balaban J connectivity index is 1.35. The molecule has 0 aromatic heterocycles. The number of benzene rings is 2. The number of aryl methyl sites for hydroxylation is 1. The van der Waals surface area contributed by atoms with E-state index in [1.54, 1.807) is 0 Å². The first-order chi connectivity index (χ1) is 12.6. The number of hydrogen-bond donors (Lipinski definition) is 1. The van der Waals surface area contributed by atoms with Crippen LogP contribution in [0.2, 0.25) is 0 Å². The Labute approximate surface area is 154 Å². The van der Waals surface area contributed by atoms with Crippen LogP contribution in [0.5, 0.6) is 11.5 Å². The molecule has 2 aromatic rings. The summed E-state index contributed by atoms with van der Waals surface area (Å²) in [6.07, 6.45) is -0.517. The van der Waals surface area contributed by atoms with E-state index in [2.05, 4.69) is 41.8 Å². The van der Waals surface area contributed by atoms with Crippen LogP contribution in [-0.4, -0.2) is 49.5 Å². The number of ether oxygens (including phenoxy) is 2. The minimum atomic E-state index is -0.517. The van der Waals surface area contributed by atoms with Gasteiger partial charge in [0.25, 0.3) is 0 Å². The minimum absolute atomic E-state index is 0.259. The van der Waals surface area contributed by atoms with Crippen molar-refractivity contribution in [2.45, 2.75) is 20.0 Å². The lowest BCUT2D eigenvalue weighted by atomic mass is 10.1. The third-order valence-corrected chi connectivity index (χ3v) is 5.50. The smallest absolute Gasteiger partial charge is 0.231 e. The summed E-state index contributed by atoms with van der Waals surface area (Å²) in [6.45, 7) is 9.13. The molecule has 2 aromatic carbocycles. The molecule has 0 bridgehead atoms. The van der Waals surface area contributed by atoms with Crippen molar-refractivity contribution in [1.82, 2.24) is 4.90 Å². The molecule has 5 nitrogen and oxygen atoms in total. The summed E-state index contributed by atoms with van der Waals surface area (Å²) in [6, 6.07) is 12.2. The summed E-state index contributed by atoms with van der Waals surface area (Å²) in [4.78, 5) is 4.78. The van der Waals surface area contributed by atoms with Gasteiger partial charge in [0.2, 0.25) is 6.79 Å². The van der Waals surface area contributed by atoms with Crippen LogP contribution >= 0.6 is 0 Å². The number of fused-ring (bicyclic) bond motifs is 1. The fourth-order valence-corrected chi connectivity index (χ4v) is 3.72. The van der Waals surface area contributed by atoms with Gasteiger partial charge in [0.05, 0.1) is 6.10 Å². The van der Waals surface area contributed by atoms with Gasteiger partial charge in [-0.15, -0.1) is 0 Å². The van der Waals surface area contributed by atoms with Crippen LogP contribution in [0.1, 0.15) is 22.8 Å². The number of rotatable bonds is 4. The van der Waals surface area contributed by atoms with Crippen molar-refractivity contribution in [3.05, 3.63) is 53.1 Å². The van der Waals surface area contributed by atoms with Crippen molar-refractivity contribution in [2.75, 3.05) is 44.4 Å². The van der Waals surface area contributed by atoms with Gasteiger partial charge in [-0.1, -0.05) is 18.2 Å². The highest BCUT2D eigenvalue weighted by molar-refractivity contribution is 5.56. The van der Waals surface area contributed by atoms with Crippen LogP contribution < -0.4 is 14.4 Å². The standard InChI is InChI=1S/C21H26N2O3/c1-15-4-3-5-18(16(15)2)23-10-8-22(9-11-23)13-19(24)17-6-7-20-21(12-17)26-14-25-20/h3-7,12,19,24H,8-11,13-14H2,1-2H3/t19-/m1/s1. The molecule has 138 valence electrons. The number of aliphatic hydroxyl groups is 1. The fourth-order valence-electron chi connectivity index (χ4n) is 3.72. The Morgan fingerprint density at radius 2 is 1.77 bits per heavy atom. The molecule has 2 heterocycles. The van der Waals surface area contributed by atoms with Gasteiger partial charge in [-0.2, -0.15) is 0 Å². The average Bonchev–Trinajstić information content (AvgIpc) is 3.12. The maximum absolute atomic E-state index is 10.6. The SMILES string of the molecule is Cc1cccc(N2CCN(C[C@@H](O)c3ccc4c(c3)OCO4)CC2)c1C. The van der Waals surface area contributed by atoms with E-state index in [4.69, 9.17) is 9.47 Å². The summed E-state index contributed by atoms with van der Waals surface area (Å²) >= 11 is 0. The van der Waals surface area contributed by atoms with Gasteiger partial charge in [0.15, 0.2) is 11.5 Å². The zero-order chi connectivity index (χ0) is 18.1. The van der Waals surface area contributed by atoms with E-state index in [1.165, 1.54) is 16.8 Å². The van der Waals surface area contributed by atoms with Crippen molar-refractivity contribution in [3.63, 3.8) is 0 Å². The second-order valence-electron chi connectivity index (χ2n) is 7.14. The van der Waals surface area contributed by atoms with E-state index >= 15 is 0 Å². The summed E-state index contributed by atoms with van der Waals surface area (Å²) in [5.41, 5.74) is 4.91. The molecule has 5 heteroatoms. The van der Waals surface area contributed by atoms with Gasteiger partial charge >= 0.3 is 0 Å². The van der Waals surface area contributed by atoms with Crippen LogP contribution in [0.15, 0.2) is 36.4 Å². The molecular weight excluding hydrogens is 328 g/mol. The zero-order valence-electron chi connectivity index (χ0n) is 15.4. The third kappa shape index (κ3) is 3.37. The fraction of sp³-hybridized carbons (Fsp3) is 0.429. The summed E-state index contributed by atoms with van der Waals surface area (Å²) in [5, 5.41) is 10.6. The molecular formula is C21H26N2O3. The Morgan fingerprint density at radius 1 is 1.00 bits per heavy atom. The lowest BCUT2D eigenvalue weighted by Gasteiger charge is -2.37. The first-order valence-corrected chi connectivity index (χ1v) is 9.23. The normalized spacial score (nSPS) is 18.2. The van der Waals surface area contributed by atoms with Crippen molar-refractivity contribution in [1.29, 1.82) is 0 Å². The average molecular weight is 354 g/mol. The van der Waals surface area contributed by atoms with Gasteiger partial charge in [0, 0.05) is 38.4 Å². The van der Waals surface area contributed by atoms with Crippen LogP contribution in [0.25, 0.3) is 0 Å². The molecule has 0 spiro atoms. The quantitative estimate of drug-likeness (QED) is 0.915. The highest BCUT2D eigenvalue weighted by atomic mass is 16.7. The molecule has 1 N–H and O–H groups in total. The van der Waals surface area contributed by atoms with Gasteiger partial charge in [-0.25, -0.2) is 0 Å². The maximum Gasteiger partial charge on any atom is 0.231 e. The van der Waals surface area contributed by atoms with Crippen molar-refractivity contribution in [3.8, 4) is 11.5 Å². The van der Waals surface area contributed by atoms with Crippen molar-refractivity contribution < 1.29 is 14.6 Å². The minimum Gasteiger partial charge on any atom is -0.454 e. The van der Waals surface area contributed by atoms with E-state index < -0.39 is 6.10 Å². The number of piperazine rings is 1. The molecule has 0 radical (unpaired) electrons.